The molecule has 2 unspecified atom stereocenters. The Morgan fingerprint density at radius 3 is 1.51 bits per heavy atom. The second-order valence-electron chi connectivity index (χ2n) is 15.5. The standard InChI is InChI=1S/C49H82O10/c1-3-5-7-9-11-13-15-17-19-21-23-25-27-29-31-33-35-37-44(51)56-40-42(41-57-49-48(55)47(54)46(53)43(39-50)59-49)58-45(52)38-36-34-32-30-28-26-24-22-20-18-16-14-12-10-8-6-4-2/h7,9,12-15,18-21,25,27,42-43,46-50,53-55H,3-6,8,10-11,16-17,22-24,26,28-41H2,1-2H3/b9-7+,14-12+,15-13+,20-18+,21-19+,27-25+/t42-,43-,46+,47?,48?,49-/m0/s1. The number of unbranched alkanes of at least 4 members (excludes halogenated alkanes) is 14. The summed E-state index contributed by atoms with van der Waals surface area (Å²) in [4.78, 5) is 25.4. The van der Waals surface area contributed by atoms with Crippen molar-refractivity contribution in [2.75, 3.05) is 19.8 Å². The van der Waals surface area contributed by atoms with Gasteiger partial charge >= 0.3 is 11.9 Å². The van der Waals surface area contributed by atoms with E-state index >= 15 is 0 Å². The highest BCUT2D eigenvalue weighted by Gasteiger charge is 2.44. The molecule has 1 heterocycles. The summed E-state index contributed by atoms with van der Waals surface area (Å²) in [6, 6.07) is 0. The Balaban J connectivity index is 2.36. The number of carbonyl (C=O) groups is 2. The van der Waals surface area contributed by atoms with Crippen LogP contribution in [0.1, 0.15) is 168 Å². The molecule has 0 bridgehead atoms. The zero-order valence-electron chi connectivity index (χ0n) is 36.7. The molecule has 1 rings (SSSR count). The largest absolute Gasteiger partial charge is 0.462 e. The first-order chi connectivity index (χ1) is 28.8. The fraction of sp³-hybridized carbons (Fsp3) is 0.714. The van der Waals surface area contributed by atoms with E-state index in [1.54, 1.807) is 0 Å². The molecule has 0 radical (unpaired) electrons. The van der Waals surface area contributed by atoms with E-state index in [2.05, 4.69) is 86.8 Å². The Morgan fingerprint density at radius 1 is 0.525 bits per heavy atom. The smallest absolute Gasteiger partial charge is 0.306 e. The van der Waals surface area contributed by atoms with Crippen LogP contribution < -0.4 is 0 Å². The van der Waals surface area contributed by atoms with E-state index in [-0.39, 0.29) is 26.1 Å². The fourth-order valence-corrected chi connectivity index (χ4v) is 6.38. The van der Waals surface area contributed by atoms with Crippen LogP contribution in [0, 0.1) is 0 Å². The van der Waals surface area contributed by atoms with Crippen molar-refractivity contribution in [1.82, 2.24) is 0 Å². The Morgan fingerprint density at radius 2 is 0.983 bits per heavy atom. The lowest BCUT2D eigenvalue weighted by atomic mass is 9.99. The van der Waals surface area contributed by atoms with E-state index in [0.717, 1.165) is 77.0 Å². The number of hydrogen-bond donors (Lipinski definition) is 4. The third-order valence-corrected chi connectivity index (χ3v) is 10.0. The van der Waals surface area contributed by atoms with E-state index in [1.807, 2.05) is 0 Å². The molecule has 0 amide bonds. The van der Waals surface area contributed by atoms with Crippen molar-refractivity contribution in [2.45, 2.75) is 205 Å². The number of allylic oxidation sites excluding steroid dienone is 12. The molecule has 1 aliphatic heterocycles. The molecule has 6 atom stereocenters. The average molecular weight is 831 g/mol. The van der Waals surface area contributed by atoms with E-state index in [9.17, 15) is 30.0 Å². The number of hydrogen-bond acceptors (Lipinski definition) is 10. The molecule has 10 heteroatoms. The molecule has 0 aromatic carbocycles. The first-order valence-corrected chi connectivity index (χ1v) is 23.0. The molecule has 0 spiro atoms. The first kappa shape index (κ1) is 54.2. The van der Waals surface area contributed by atoms with Gasteiger partial charge in [0, 0.05) is 12.8 Å². The lowest BCUT2D eigenvalue weighted by molar-refractivity contribution is -0.305. The van der Waals surface area contributed by atoms with Crippen molar-refractivity contribution in [3.8, 4) is 0 Å². The van der Waals surface area contributed by atoms with Gasteiger partial charge in [-0.2, -0.15) is 0 Å². The fourth-order valence-electron chi connectivity index (χ4n) is 6.38. The van der Waals surface area contributed by atoms with Gasteiger partial charge in [-0.25, -0.2) is 0 Å². The summed E-state index contributed by atoms with van der Waals surface area (Å²) in [6.07, 6.45) is 41.8. The summed E-state index contributed by atoms with van der Waals surface area (Å²) in [5, 5.41) is 40.1. The van der Waals surface area contributed by atoms with E-state index in [0.29, 0.717) is 12.8 Å². The van der Waals surface area contributed by atoms with Crippen molar-refractivity contribution in [3.63, 3.8) is 0 Å². The second-order valence-corrected chi connectivity index (χ2v) is 15.5. The Labute approximate surface area is 357 Å². The predicted molar refractivity (Wildman–Crippen MR) is 238 cm³/mol. The van der Waals surface area contributed by atoms with Crippen LogP contribution in [0.25, 0.3) is 0 Å². The van der Waals surface area contributed by atoms with Crippen LogP contribution in [-0.4, -0.2) is 89.0 Å². The minimum atomic E-state index is -1.60. The highest BCUT2D eigenvalue weighted by atomic mass is 16.7. The molecule has 0 aromatic rings. The van der Waals surface area contributed by atoms with Gasteiger partial charge in [0.15, 0.2) is 12.4 Å². The first-order valence-electron chi connectivity index (χ1n) is 23.0. The Bertz CT molecular complexity index is 1190. The predicted octanol–water partition coefficient (Wildman–Crippen LogP) is 10.00. The maximum atomic E-state index is 12.8. The SMILES string of the molecule is CCC/C=C/C/C=C/C/C=C/C/C=C/CCCCCC(=O)OC[C@@H](CO[C@H]1O[C@@H](CO)[C@@H](O)C(O)C1O)OC(=O)CCCCCCCCC/C=C/C/C=C/CCCCC. The number of carbonyl (C=O) groups excluding carboxylic acids is 2. The molecular formula is C49H82O10. The molecule has 1 fully saturated rings. The number of aliphatic hydroxyl groups is 4. The van der Waals surface area contributed by atoms with Gasteiger partial charge in [0.05, 0.1) is 13.2 Å². The van der Waals surface area contributed by atoms with Crippen molar-refractivity contribution in [2.24, 2.45) is 0 Å². The van der Waals surface area contributed by atoms with Gasteiger partial charge in [-0.3, -0.25) is 9.59 Å². The Hall–Kier alpha value is -2.86. The van der Waals surface area contributed by atoms with Crippen molar-refractivity contribution >= 4 is 11.9 Å². The quantitative estimate of drug-likeness (QED) is 0.0271. The van der Waals surface area contributed by atoms with Crippen LogP contribution in [0.3, 0.4) is 0 Å². The third-order valence-electron chi connectivity index (χ3n) is 10.0. The zero-order chi connectivity index (χ0) is 43.0. The number of aliphatic hydroxyl groups excluding tert-OH is 4. The minimum absolute atomic E-state index is 0.210. The molecule has 4 N–H and O–H groups in total. The molecule has 0 saturated carbocycles. The van der Waals surface area contributed by atoms with Crippen LogP contribution in [0.4, 0.5) is 0 Å². The maximum Gasteiger partial charge on any atom is 0.306 e. The average Bonchev–Trinajstić information content (AvgIpc) is 3.23. The van der Waals surface area contributed by atoms with Gasteiger partial charge in [0.1, 0.15) is 31.0 Å². The molecular weight excluding hydrogens is 749 g/mol. The summed E-state index contributed by atoms with van der Waals surface area (Å²) >= 11 is 0. The van der Waals surface area contributed by atoms with E-state index in [1.165, 1.54) is 51.4 Å². The topological polar surface area (TPSA) is 152 Å². The van der Waals surface area contributed by atoms with Crippen molar-refractivity contribution in [3.05, 3.63) is 72.9 Å². The van der Waals surface area contributed by atoms with Crippen LogP contribution in [-0.2, 0) is 28.5 Å². The van der Waals surface area contributed by atoms with Gasteiger partial charge in [-0.05, 0) is 83.5 Å². The maximum absolute atomic E-state index is 12.8. The summed E-state index contributed by atoms with van der Waals surface area (Å²) in [5.41, 5.74) is 0. The molecule has 0 aliphatic carbocycles. The molecule has 1 aliphatic rings. The van der Waals surface area contributed by atoms with Crippen LogP contribution in [0.15, 0.2) is 72.9 Å². The number of rotatable bonds is 37. The summed E-state index contributed by atoms with van der Waals surface area (Å²) in [6.45, 7) is 3.28. The third kappa shape index (κ3) is 30.8. The normalized spacial score (nSPS) is 20.7. The van der Waals surface area contributed by atoms with E-state index in [4.69, 9.17) is 18.9 Å². The second kappa shape index (κ2) is 39.3. The summed E-state index contributed by atoms with van der Waals surface area (Å²) in [5.74, 6) is -0.857. The lowest BCUT2D eigenvalue weighted by Gasteiger charge is -2.39. The minimum Gasteiger partial charge on any atom is -0.462 e. The molecule has 1 saturated heterocycles. The number of esters is 2. The zero-order valence-corrected chi connectivity index (χ0v) is 36.7. The van der Waals surface area contributed by atoms with Crippen LogP contribution in [0.5, 0.6) is 0 Å². The molecule has 338 valence electrons. The van der Waals surface area contributed by atoms with Gasteiger partial charge in [-0.1, -0.05) is 145 Å². The van der Waals surface area contributed by atoms with Crippen LogP contribution >= 0.6 is 0 Å². The summed E-state index contributed by atoms with van der Waals surface area (Å²) < 4.78 is 22.1. The summed E-state index contributed by atoms with van der Waals surface area (Å²) in [7, 11) is 0. The van der Waals surface area contributed by atoms with Crippen LogP contribution in [0.2, 0.25) is 0 Å². The van der Waals surface area contributed by atoms with E-state index < -0.39 is 55.4 Å². The van der Waals surface area contributed by atoms with Gasteiger partial charge in [0.25, 0.3) is 0 Å². The molecule has 59 heavy (non-hydrogen) atoms. The number of ether oxygens (including phenoxy) is 4. The Kier molecular flexibility index (Phi) is 36.1. The highest BCUT2D eigenvalue weighted by molar-refractivity contribution is 5.70. The molecule has 0 aromatic heterocycles. The lowest BCUT2D eigenvalue weighted by Crippen LogP contribution is -2.59. The molecule has 10 nitrogen and oxygen atoms in total. The highest BCUT2D eigenvalue weighted by Crippen LogP contribution is 2.22. The van der Waals surface area contributed by atoms with Crippen molar-refractivity contribution in [1.29, 1.82) is 0 Å². The monoisotopic (exact) mass is 831 g/mol. The van der Waals surface area contributed by atoms with Gasteiger partial charge < -0.3 is 39.4 Å². The van der Waals surface area contributed by atoms with Crippen molar-refractivity contribution < 1.29 is 49.0 Å². The van der Waals surface area contributed by atoms with Gasteiger partial charge in [-0.15, -0.1) is 0 Å². The van der Waals surface area contributed by atoms with Gasteiger partial charge in [0.2, 0.25) is 0 Å².